The Morgan fingerprint density at radius 3 is 3.00 bits per heavy atom. The van der Waals surface area contributed by atoms with Crippen LogP contribution in [0.4, 0.5) is 0 Å². The molecule has 0 amide bonds. The molecule has 2 unspecified atom stereocenters. The van der Waals surface area contributed by atoms with Gasteiger partial charge in [-0.3, -0.25) is 0 Å². The Morgan fingerprint density at radius 1 is 1.55 bits per heavy atom. The normalized spacial score (nSPS) is 31.0. The van der Waals surface area contributed by atoms with E-state index in [2.05, 4.69) is 11.9 Å². The lowest BCUT2D eigenvalue weighted by molar-refractivity contribution is 0.289. The maximum absolute atomic E-state index is 9.84. The molecule has 0 heterocycles. The lowest BCUT2D eigenvalue weighted by atomic mass is 9.82. The van der Waals surface area contributed by atoms with Crippen LogP contribution in [0, 0.1) is 11.8 Å². The van der Waals surface area contributed by atoms with E-state index in [0.29, 0.717) is 12.5 Å². The fourth-order valence-corrected chi connectivity index (χ4v) is 1.89. The second kappa shape index (κ2) is 4.30. The summed E-state index contributed by atoms with van der Waals surface area (Å²) in [6, 6.07) is 0. The zero-order valence-electron chi connectivity index (χ0n) is 7.05. The minimum Gasteiger partial charge on any atom is -0.211 e. The molecule has 62 valence electrons. The van der Waals surface area contributed by atoms with Crippen LogP contribution in [0.5, 0.6) is 0 Å². The smallest absolute Gasteiger partial charge is 0.211 e. The zero-order chi connectivity index (χ0) is 8.10. The van der Waals surface area contributed by atoms with Gasteiger partial charge in [0, 0.05) is 0 Å². The molecule has 0 aliphatic heterocycles. The number of hydrogen-bond acceptors (Lipinski definition) is 2. The van der Waals surface area contributed by atoms with Crippen LogP contribution in [0.25, 0.3) is 0 Å². The van der Waals surface area contributed by atoms with E-state index in [0.717, 1.165) is 5.92 Å². The molecule has 0 aromatic carbocycles. The van der Waals surface area contributed by atoms with Crippen molar-refractivity contribution < 1.29 is 4.79 Å². The third-order valence-corrected chi connectivity index (χ3v) is 2.46. The standard InChI is InChI=1S/C9H15NO/c1-8-3-2-4-9(5-8)6-10-7-11/h8-9H,2-6H2,1H3. The third kappa shape index (κ3) is 2.85. The van der Waals surface area contributed by atoms with Crippen LogP contribution in [0.15, 0.2) is 4.99 Å². The molecule has 0 spiro atoms. The van der Waals surface area contributed by atoms with Crippen LogP contribution in [0.1, 0.15) is 32.6 Å². The Labute approximate surface area is 67.7 Å². The first-order valence-electron chi connectivity index (χ1n) is 4.36. The summed E-state index contributed by atoms with van der Waals surface area (Å²) in [5.74, 6) is 1.48. The highest BCUT2D eigenvalue weighted by Gasteiger charge is 2.17. The summed E-state index contributed by atoms with van der Waals surface area (Å²) in [6.45, 7) is 2.98. The van der Waals surface area contributed by atoms with Gasteiger partial charge >= 0.3 is 0 Å². The van der Waals surface area contributed by atoms with Crippen LogP contribution in [0.2, 0.25) is 0 Å². The molecule has 0 saturated heterocycles. The highest BCUT2D eigenvalue weighted by atomic mass is 16.1. The van der Waals surface area contributed by atoms with Crippen LogP contribution in [-0.4, -0.2) is 12.6 Å². The van der Waals surface area contributed by atoms with E-state index in [1.54, 1.807) is 6.08 Å². The largest absolute Gasteiger partial charge is 0.234 e. The summed E-state index contributed by atoms with van der Waals surface area (Å²) in [7, 11) is 0. The van der Waals surface area contributed by atoms with E-state index in [-0.39, 0.29) is 0 Å². The summed E-state index contributed by atoms with van der Waals surface area (Å²) >= 11 is 0. The zero-order valence-corrected chi connectivity index (χ0v) is 7.05. The van der Waals surface area contributed by atoms with Gasteiger partial charge < -0.3 is 0 Å². The fourth-order valence-electron chi connectivity index (χ4n) is 1.89. The lowest BCUT2D eigenvalue weighted by Crippen LogP contribution is -2.15. The first-order chi connectivity index (χ1) is 5.33. The van der Waals surface area contributed by atoms with Crippen molar-refractivity contribution in [2.75, 3.05) is 6.54 Å². The molecule has 2 nitrogen and oxygen atoms in total. The van der Waals surface area contributed by atoms with Crippen LogP contribution < -0.4 is 0 Å². The highest BCUT2D eigenvalue weighted by Crippen LogP contribution is 2.28. The predicted molar refractivity (Wildman–Crippen MR) is 44.1 cm³/mol. The molecule has 0 bridgehead atoms. The molecule has 1 aliphatic rings. The quantitative estimate of drug-likeness (QED) is 0.441. The highest BCUT2D eigenvalue weighted by molar-refractivity contribution is 5.32. The van der Waals surface area contributed by atoms with Crippen molar-refractivity contribution in [2.24, 2.45) is 16.8 Å². The van der Waals surface area contributed by atoms with Crippen molar-refractivity contribution in [2.45, 2.75) is 32.6 Å². The molecule has 2 atom stereocenters. The second-order valence-electron chi connectivity index (χ2n) is 3.57. The third-order valence-electron chi connectivity index (χ3n) is 2.46. The van der Waals surface area contributed by atoms with Crippen molar-refractivity contribution >= 4 is 6.08 Å². The summed E-state index contributed by atoms with van der Waals surface area (Å²) in [6.07, 6.45) is 6.75. The van der Waals surface area contributed by atoms with Gasteiger partial charge in [-0.25, -0.2) is 9.79 Å². The molecule has 1 rings (SSSR count). The summed E-state index contributed by atoms with van der Waals surface area (Å²) < 4.78 is 0. The van der Waals surface area contributed by atoms with E-state index < -0.39 is 0 Å². The SMILES string of the molecule is CC1CCCC(CN=C=O)C1. The monoisotopic (exact) mass is 153 g/mol. The Hall–Kier alpha value is -0.620. The Bertz CT molecular complexity index is 161. The van der Waals surface area contributed by atoms with Crippen LogP contribution in [-0.2, 0) is 4.79 Å². The second-order valence-corrected chi connectivity index (χ2v) is 3.57. The fraction of sp³-hybridized carbons (Fsp3) is 0.889. The molecule has 0 radical (unpaired) electrons. The van der Waals surface area contributed by atoms with Crippen molar-refractivity contribution in [3.8, 4) is 0 Å². The van der Waals surface area contributed by atoms with E-state index in [1.807, 2.05) is 0 Å². The van der Waals surface area contributed by atoms with Gasteiger partial charge in [-0.1, -0.05) is 19.8 Å². The van der Waals surface area contributed by atoms with E-state index >= 15 is 0 Å². The summed E-state index contributed by atoms with van der Waals surface area (Å²) in [4.78, 5) is 13.5. The number of carbonyl (C=O) groups excluding carboxylic acids is 1. The minimum atomic E-state index is 0.653. The van der Waals surface area contributed by atoms with Gasteiger partial charge in [-0.15, -0.1) is 0 Å². The predicted octanol–water partition coefficient (Wildman–Crippen LogP) is 2.15. The molecule has 1 saturated carbocycles. The van der Waals surface area contributed by atoms with Gasteiger partial charge in [-0.05, 0) is 24.7 Å². The Morgan fingerprint density at radius 2 is 2.36 bits per heavy atom. The minimum absolute atomic E-state index is 0.653. The molecule has 1 fully saturated rings. The number of hydrogen-bond donors (Lipinski definition) is 0. The number of nitrogens with zero attached hydrogens (tertiary/aromatic N) is 1. The molecule has 11 heavy (non-hydrogen) atoms. The maximum atomic E-state index is 9.84. The maximum Gasteiger partial charge on any atom is 0.234 e. The molecule has 0 N–H and O–H groups in total. The summed E-state index contributed by atoms with van der Waals surface area (Å²) in [5.41, 5.74) is 0. The van der Waals surface area contributed by atoms with Crippen LogP contribution >= 0.6 is 0 Å². The van der Waals surface area contributed by atoms with Crippen molar-refractivity contribution in [1.82, 2.24) is 0 Å². The lowest BCUT2D eigenvalue weighted by Gasteiger charge is -2.24. The average Bonchev–Trinajstić information content (AvgIpc) is 2.01. The molecular formula is C9H15NO. The number of rotatable bonds is 2. The van der Waals surface area contributed by atoms with Gasteiger partial charge in [0.2, 0.25) is 6.08 Å². The van der Waals surface area contributed by atoms with Crippen LogP contribution in [0.3, 0.4) is 0 Å². The molecule has 0 aromatic rings. The first kappa shape index (κ1) is 8.48. The van der Waals surface area contributed by atoms with Gasteiger partial charge in [0.05, 0.1) is 6.54 Å². The van der Waals surface area contributed by atoms with Crippen molar-refractivity contribution in [3.05, 3.63) is 0 Å². The first-order valence-corrected chi connectivity index (χ1v) is 4.36. The molecular weight excluding hydrogens is 138 g/mol. The van der Waals surface area contributed by atoms with Gasteiger partial charge in [0.25, 0.3) is 0 Å². The van der Waals surface area contributed by atoms with Gasteiger partial charge in [-0.2, -0.15) is 0 Å². The van der Waals surface area contributed by atoms with E-state index in [9.17, 15) is 4.79 Å². The van der Waals surface area contributed by atoms with Gasteiger partial charge in [0.15, 0.2) is 0 Å². The Kier molecular flexibility index (Phi) is 3.31. The number of aliphatic imine (C=N–C) groups is 1. The molecule has 0 aromatic heterocycles. The van der Waals surface area contributed by atoms with E-state index in [4.69, 9.17) is 0 Å². The van der Waals surface area contributed by atoms with Crippen molar-refractivity contribution in [1.29, 1.82) is 0 Å². The Balaban J connectivity index is 2.27. The average molecular weight is 153 g/mol. The molecule has 1 aliphatic carbocycles. The summed E-state index contributed by atoms with van der Waals surface area (Å²) in [5, 5.41) is 0. The number of isocyanates is 1. The van der Waals surface area contributed by atoms with Gasteiger partial charge in [0.1, 0.15) is 0 Å². The topological polar surface area (TPSA) is 29.4 Å². The molecule has 2 heteroatoms. The van der Waals surface area contributed by atoms with E-state index in [1.165, 1.54) is 25.7 Å². The van der Waals surface area contributed by atoms with Crippen molar-refractivity contribution in [3.63, 3.8) is 0 Å².